The Bertz CT molecular complexity index is 701. The Hall–Kier alpha value is -0.450. The molecule has 4 heteroatoms. The van der Waals surface area contributed by atoms with Gasteiger partial charge in [0.25, 0.3) is 0 Å². The lowest BCUT2D eigenvalue weighted by molar-refractivity contribution is -0.173. The van der Waals surface area contributed by atoms with Gasteiger partial charge in [-0.15, -0.1) is 0 Å². The molecule has 2 N–H and O–H groups in total. The van der Waals surface area contributed by atoms with Crippen LogP contribution in [0.25, 0.3) is 0 Å². The van der Waals surface area contributed by atoms with Crippen LogP contribution in [0, 0.1) is 34.5 Å². The first-order valence-corrected chi connectivity index (χ1v) is 11.5. The van der Waals surface area contributed by atoms with Crippen molar-refractivity contribution in [1.82, 2.24) is 0 Å². The topological polar surface area (TPSA) is 44.5 Å². The lowest BCUT2D eigenvalue weighted by Gasteiger charge is -2.63. The highest BCUT2D eigenvalue weighted by Crippen LogP contribution is 2.69. The van der Waals surface area contributed by atoms with Crippen molar-refractivity contribution in [3.63, 3.8) is 0 Å². The standard InChI is InChI=1S/C24H38FNO2/c1-13(25)15-6-7-16-19-17(9-11-23(15,16)4)24(5)10-8-14(26)12-18(24)20-21(19)28-22(2,3)27-20/h14,16-21H,6-12,26H2,1-5H3/b15-13+/t14-,16?,17?,18?,19?,20-,21-,23-,24-/m1/s1. The summed E-state index contributed by atoms with van der Waals surface area (Å²) in [6.45, 7) is 10.6. The second kappa shape index (κ2) is 6.04. The predicted octanol–water partition coefficient (Wildman–Crippen LogP) is 5.34. The minimum atomic E-state index is -0.534. The lowest BCUT2D eigenvalue weighted by atomic mass is 9.43. The smallest absolute Gasteiger partial charge is 0.163 e. The summed E-state index contributed by atoms with van der Waals surface area (Å²) in [5, 5.41) is 0. The highest BCUT2D eigenvalue weighted by Gasteiger charge is 2.67. The van der Waals surface area contributed by atoms with Crippen molar-refractivity contribution < 1.29 is 13.9 Å². The molecule has 4 saturated carbocycles. The van der Waals surface area contributed by atoms with E-state index in [2.05, 4.69) is 27.7 Å². The third-order valence-electron chi connectivity index (χ3n) is 9.78. The van der Waals surface area contributed by atoms with Crippen molar-refractivity contribution in [3.05, 3.63) is 11.4 Å². The van der Waals surface area contributed by atoms with Gasteiger partial charge in [-0.1, -0.05) is 13.8 Å². The van der Waals surface area contributed by atoms with E-state index in [1.54, 1.807) is 6.92 Å². The quantitative estimate of drug-likeness (QED) is 0.606. The van der Waals surface area contributed by atoms with Crippen molar-refractivity contribution in [1.29, 1.82) is 0 Å². The van der Waals surface area contributed by atoms with E-state index in [0.29, 0.717) is 23.7 Å². The molecule has 3 nitrogen and oxygen atoms in total. The van der Waals surface area contributed by atoms with E-state index in [9.17, 15) is 4.39 Å². The van der Waals surface area contributed by atoms with E-state index in [1.807, 2.05) is 0 Å². The summed E-state index contributed by atoms with van der Waals surface area (Å²) < 4.78 is 27.6. The molecule has 4 unspecified atom stereocenters. The van der Waals surface area contributed by atoms with Crippen LogP contribution in [-0.4, -0.2) is 24.0 Å². The van der Waals surface area contributed by atoms with Crippen molar-refractivity contribution in [2.75, 3.05) is 0 Å². The fraction of sp³-hybridized carbons (Fsp3) is 0.917. The third-order valence-corrected chi connectivity index (χ3v) is 9.78. The van der Waals surface area contributed by atoms with Gasteiger partial charge in [-0.25, -0.2) is 4.39 Å². The number of ether oxygens (including phenoxy) is 2. The third kappa shape index (κ3) is 2.50. The van der Waals surface area contributed by atoms with E-state index in [4.69, 9.17) is 15.2 Å². The van der Waals surface area contributed by atoms with Gasteiger partial charge in [0.05, 0.1) is 18.0 Å². The summed E-state index contributed by atoms with van der Waals surface area (Å²) in [6, 6.07) is 0.284. The number of nitrogens with two attached hydrogens (primary N) is 1. The summed E-state index contributed by atoms with van der Waals surface area (Å²) in [4.78, 5) is 0. The van der Waals surface area contributed by atoms with Gasteiger partial charge in [0.1, 0.15) is 0 Å². The fourth-order valence-corrected chi connectivity index (χ4v) is 8.59. The Balaban J connectivity index is 1.59. The van der Waals surface area contributed by atoms with E-state index in [0.717, 1.165) is 37.7 Å². The minimum Gasteiger partial charge on any atom is -0.344 e. The number of halogens is 1. The molecule has 0 aromatic rings. The molecule has 1 aliphatic heterocycles. The first-order chi connectivity index (χ1) is 13.1. The van der Waals surface area contributed by atoms with Crippen LogP contribution in [0.3, 0.4) is 0 Å². The van der Waals surface area contributed by atoms with E-state index >= 15 is 0 Å². The lowest BCUT2D eigenvalue weighted by Crippen LogP contribution is -2.63. The average molecular weight is 392 g/mol. The molecule has 5 fully saturated rings. The number of rotatable bonds is 0. The van der Waals surface area contributed by atoms with Crippen LogP contribution in [-0.2, 0) is 9.47 Å². The van der Waals surface area contributed by atoms with Gasteiger partial charge < -0.3 is 15.2 Å². The molecule has 0 radical (unpaired) electrons. The number of hydrogen-bond acceptors (Lipinski definition) is 3. The zero-order valence-electron chi connectivity index (χ0n) is 18.3. The van der Waals surface area contributed by atoms with Gasteiger partial charge in [-0.3, -0.25) is 0 Å². The molecule has 4 aliphatic carbocycles. The molecule has 9 atom stereocenters. The first kappa shape index (κ1) is 19.5. The summed E-state index contributed by atoms with van der Waals surface area (Å²) in [5.41, 5.74) is 7.78. The Kier molecular flexibility index (Phi) is 4.21. The Labute approximate surface area is 169 Å². The number of fused-ring (bicyclic) bond motifs is 8. The van der Waals surface area contributed by atoms with E-state index < -0.39 is 5.79 Å². The second-order valence-corrected chi connectivity index (χ2v) is 11.5. The van der Waals surface area contributed by atoms with Crippen LogP contribution < -0.4 is 5.73 Å². The molecular formula is C24H38FNO2. The molecule has 0 aromatic heterocycles. The summed E-state index contributed by atoms with van der Waals surface area (Å²) in [5.74, 6) is 1.62. The fourth-order valence-electron chi connectivity index (χ4n) is 8.59. The first-order valence-electron chi connectivity index (χ1n) is 11.5. The minimum absolute atomic E-state index is 0.00505. The highest BCUT2D eigenvalue weighted by molar-refractivity contribution is 5.27. The van der Waals surface area contributed by atoms with Gasteiger partial charge in [-0.2, -0.15) is 0 Å². The largest absolute Gasteiger partial charge is 0.344 e. The monoisotopic (exact) mass is 391 g/mol. The van der Waals surface area contributed by atoms with Crippen LogP contribution in [0.15, 0.2) is 11.4 Å². The van der Waals surface area contributed by atoms with Crippen molar-refractivity contribution in [3.8, 4) is 0 Å². The zero-order valence-corrected chi connectivity index (χ0v) is 18.3. The predicted molar refractivity (Wildman–Crippen MR) is 108 cm³/mol. The number of hydrogen-bond donors (Lipinski definition) is 1. The van der Waals surface area contributed by atoms with Gasteiger partial charge in [0.15, 0.2) is 5.79 Å². The summed E-state index contributed by atoms with van der Waals surface area (Å²) >= 11 is 0. The second-order valence-electron chi connectivity index (χ2n) is 11.5. The van der Waals surface area contributed by atoms with Gasteiger partial charge in [0, 0.05) is 6.04 Å². The molecule has 0 spiro atoms. The Morgan fingerprint density at radius 3 is 2.39 bits per heavy atom. The maximum absolute atomic E-state index is 14.4. The highest BCUT2D eigenvalue weighted by atomic mass is 19.1. The van der Waals surface area contributed by atoms with Crippen LogP contribution in [0.2, 0.25) is 0 Å². The molecule has 0 amide bonds. The van der Waals surface area contributed by atoms with Crippen LogP contribution in [0.4, 0.5) is 4.39 Å². The van der Waals surface area contributed by atoms with Gasteiger partial charge in [-0.05, 0) is 106 Å². The molecule has 0 bridgehead atoms. The Morgan fingerprint density at radius 1 is 0.964 bits per heavy atom. The zero-order chi connectivity index (χ0) is 20.1. The normalized spacial score (nSPS) is 56.5. The Morgan fingerprint density at radius 2 is 1.68 bits per heavy atom. The molecule has 0 aromatic carbocycles. The van der Waals surface area contributed by atoms with Crippen molar-refractivity contribution in [2.24, 2.45) is 40.2 Å². The maximum atomic E-state index is 14.4. The molecule has 1 heterocycles. The molecule has 158 valence electrons. The average Bonchev–Trinajstić information content (AvgIpc) is 3.12. The maximum Gasteiger partial charge on any atom is 0.163 e. The SMILES string of the molecule is C/C(F)=C1/CCC2C3C(CC[C@]12C)[C@@]1(C)CC[C@@H](N)CC1[C@H]1OC(C)(C)O[C@H]31. The van der Waals surface area contributed by atoms with Crippen molar-refractivity contribution >= 4 is 0 Å². The molecule has 28 heavy (non-hydrogen) atoms. The van der Waals surface area contributed by atoms with Gasteiger partial charge in [0.2, 0.25) is 0 Å². The molecule has 5 aliphatic rings. The van der Waals surface area contributed by atoms with Crippen LogP contribution in [0.1, 0.15) is 79.6 Å². The van der Waals surface area contributed by atoms with Crippen molar-refractivity contribution in [2.45, 2.75) is 104 Å². The summed E-state index contributed by atoms with van der Waals surface area (Å²) in [6.07, 6.45) is 7.95. The van der Waals surface area contributed by atoms with E-state index in [-0.39, 0.29) is 34.9 Å². The molecule has 1 saturated heterocycles. The van der Waals surface area contributed by atoms with Crippen LogP contribution >= 0.6 is 0 Å². The molecular weight excluding hydrogens is 353 g/mol. The summed E-state index contributed by atoms with van der Waals surface area (Å²) in [7, 11) is 0. The van der Waals surface area contributed by atoms with Crippen LogP contribution in [0.5, 0.6) is 0 Å². The van der Waals surface area contributed by atoms with E-state index in [1.165, 1.54) is 12.8 Å². The number of allylic oxidation sites excluding steroid dienone is 2. The molecule has 5 rings (SSSR count). The van der Waals surface area contributed by atoms with Gasteiger partial charge >= 0.3 is 0 Å².